The molecule has 1 fully saturated rings. The van der Waals surface area contributed by atoms with Crippen LogP contribution in [0, 0.1) is 0 Å². The summed E-state index contributed by atoms with van der Waals surface area (Å²) in [6.45, 7) is 1.98. The molecule has 13 heavy (non-hydrogen) atoms. The van der Waals surface area contributed by atoms with E-state index in [1.165, 1.54) is 11.1 Å². The van der Waals surface area contributed by atoms with E-state index >= 15 is 0 Å². The highest BCUT2D eigenvalue weighted by molar-refractivity contribution is 6.23. The second-order valence-corrected chi connectivity index (χ2v) is 4.86. The van der Waals surface area contributed by atoms with Gasteiger partial charge in [0.1, 0.15) is 0 Å². The monoisotopic (exact) mass is 214 g/mol. The molecule has 1 saturated carbocycles. The lowest BCUT2D eigenvalue weighted by Crippen LogP contribution is -1.86. The Balaban J connectivity index is 2.14. The molecule has 1 aliphatic rings. The summed E-state index contributed by atoms with van der Waals surface area (Å²) >= 11 is 11.9. The molecule has 0 heterocycles. The standard InChI is InChI=1S/C11H12Cl2/c1-7(12)8-2-4-9(5-3-8)10-6-11(10)13/h2-5,7,10-11H,6H2,1H3. The Morgan fingerprint density at radius 1 is 1.31 bits per heavy atom. The van der Waals surface area contributed by atoms with Gasteiger partial charge < -0.3 is 0 Å². The summed E-state index contributed by atoms with van der Waals surface area (Å²) in [6.07, 6.45) is 1.12. The normalized spacial score (nSPS) is 28.5. The average Bonchev–Trinajstić information content (AvgIpc) is 2.83. The van der Waals surface area contributed by atoms with Gasteiger partial charge in [-0.3, -0.25) is 0 Å². The Kier molecular flexibility index (Phi) is 2.53. The number of hydrogen-bond acceptors (Lipinski definition) is 0. The first-order valence-corrected chi connectivity index (χ1v) is 5.44. The number of rotatable bonds is 2. The zero-order chi connectivity index (χ0) is 9.42. The molecule has 0 radical (unpaired) electrons. The maximum absolute atomic E-state index is 5.96. The van der Waals surface area contributed by atoms with Gasteiger partial charge in [0.25, 0.3) is 0 Å². The molecule has 0 saturated heterocycles. The Labute approximate surface area is 88.9 Å². The van der Waals surface area contributed by atoms with Crippen LogP contribution < -0.4 is 0 Å². The van der Waals surface area contributed by atoms with Gasteiger partial charge in [0.2, 0.25) is 0 Å². The van der Waals surface area contributed by atoms with Crippen molar-refractivity contribution in [1.82, 2.24) is 0 Å². The molecule has 0 bridgehead atoms. The van der Waals surface area contributed by atoms with Crippen LogP contribution in [0.2, 0.25) is 0 Å². The first kappa shape index (κ1) is 9.36. The summed E-state index contributed by atoms with van der Waals surface area (Å²) in [5.74, 6) is 0.585. The quantitative estimate of drug-likeness (QED) is 0.652. The van der Waals surface area contributed by atoms with Gasteiger partial charge in [0, 0.05) is 11.3 Å². The predicted octanol–water partition coefficient (Wildman–Crippen LogP) is 4.08. The molecule has 3 unspecified atom stereocenters. The summed E-state index contributed by atoms with van der Waals surface area (Å²) in [5, 5.41) is 0.458. The van der Waals surface area contributed by atoms with Crippen molar-refractivity contribution in [3.8, 4) is 0 Å². The van der Waals surface area contributed by atoms with E-state index in [1.807, 2.05) is 6.92 Å². The number of halogens is 2. The van der Waals surface area contributed by atoms with Gasteiger partial charge in [-0.25, -0.2) is 0 Å². The van der Waals surface area contributed by atoms with E-state index in [4.69, 9.17) is 23.2 Å². The molecule has 0 amide bonds. The minimum Gasteiger partial charge on any atom is -0.122 e. The van der Waals surface area contributed by atoms with Crippen LogP contribution >= 0.6 is 23.2 Å². The lowest BCUT2D eigenvalue weighted by Gasteiger charge is -2.04. The van der Waals surface area contributed by atoms with Crippen LogP contribution in [-0.2, 0) is 0 Å². The molecule has 2 rings (SSSR count). The Bertz CT molecular complexity index is 289. The molecule has 0 nitrogen and oxygen atoms in total. The van der Waals surface area contributed by atoms with Gasteiger partial charge in [-0.05, 0) is 24.5 Å². The summed E-state index contributed by atoms with van der Waals surface area (Å²) in [4.78, 5) is 0. The minimum atomic E-state index is 0.0973. The van der Waals surface area contributed by atoms with Crippen molar-refractivity contribution in [1.29, 1.82) is 0 Å². The summed E-state index contributed by atoms with van der Waals surface area (Å²) < 4.78 is 0. The first-order valence-electron chi connectivity index (χ1n) is 4.56. The molecule has 0 spiro atoms. The molecule has 0 N–H and O–H groups in total. The van der Waals surface area contributed by atoms with Crippen LogP contribution in [0.1, 0.15) is 35.8 Å². The van der Waals surface area contributed by atoms with Crippen LogP contribution in [0.3, 0.4) is 0 Å². The van der Waals surface area contributed by atoms with Crippen LogP contribution in [-0.4, -0.2) is 5.38 Å². The molecule has 1 aromatic carbocycles. The van der Waals surface area contributed by atoms with Gasteiger partial charge >= 0.3 is 0 Å². The molecule has 3 atom stereocenters. The van der Waals surface area contributed by atoms with Gasteiger partial charge in [-0.1, -0.05) is 24.3 Å². The second-order valence-electron chi connectivity index (χ2n) is 3.64. The second kappa shape index (κ2) is 3.51. The van der Waals surface area contributed by atoms with Crippen molar-refractivity contribution in [3.05, 3.63) is 35.4 Å². The van der Waals surface area contributed by atoms with E-state index in [1.54, 1.807) is 0 Å². The molecular formula is C11H12Cl2. The van der Waals surface area contributed by atoms with Crippen LogP contribution in [0.4, 0.5) is 0 Å². The third-order valence-electron chi connectivity index (χ3n) is 2.54. The van der Waals surface area contributed by atoms with E-state index in [9.17, 15) is 0 Å². The highest BCUT2D eigenvalue weighted by Gasteiger charge is 2.36. The summed E-state index contributed by atoms with van der Waals surface area (Å²) in [5.41, 5.74) is 2.53. The highest BCUT2D eigenvalue weighted by Crippen LogP contribution is 2.45. The van der Waals surface area contributed by atoms with Crippen molar-refractivity contribution < 1.29 is 0 Å². The zero-order valence-electron chi connectivity index (χ0n) is 7.50. The minimum absolute atomic E-state index is 0.0973. The van der Waals surface area contributed by atoms with Gasteiger partial charge in [0.15, 0.2) is 0 Å². The number of benzene rings is 1. The Hall–Kier alpha value is -0.200. The first-order chi connectivity index (χ1) is 6.18. The third-order valence-corrected chi connectivity index (χ3v) is 3.27. The largest absolute Gasteiger partial charge is 0.122 e. The number of hydrogen-bond donors (Lipinski definition) is 0. The van der Waals surface area contributed by atoms with Crippen molar-refractivity contribution in [2.45, 2.75) is 30.0 Å². The summed E-state index contributed by atoms with van der Waals surface area (Å²) in [6, 6.07) is 8.46. The van der Waals surface area contributed by atoms with Crippen LogP contribution in [0.15, 0.2) is 24.3 Å². The fourth-order valence-electron chi connectivity index (χ4n) is 1.52. The molecule has 1 aromatic rings. The van der Waals surface area contributed by atoms with E-state index in [0.717, 1.165) is 6.42 Å². The van der Waals surface area contributed by atoms with Crippen LogP contribution in [0.25, 0.3) is 0 Å². The Morgan fingerprint density at radius 3 is 2.23 bits per heavy atom. The summed E-state index contributed by atoms with van der Waals surface area (Å²) in [7, 11) is 0. The van der Waals surface area contributed by atoms with E-state index in [-0.39, 0.29) is 5.38 Å². The third kappa shape index (κ3) is 2.00. The van der Waals surface area contributed by atoms with Gasteiger partial charge in [0.05, 0.1) is 5.38 Å². The predicted molar refractivity (Wildman–Crippen MR) is 57.7 cm³/mol. The molecule has 1 aliphatic carbocycles. The maximum Gasteiger partial charge on any atom is 0.0557 e. The molecular weight excluding hydrogens is 203 g/mol. The lowest BCUT2D eigenvalue weighted by atomic mass is 10.1. The smallest absolute Gasteiger partial charge is 0.0557 e. The van der Waals surface area contributed by atoms with E-state index in [0.29, 0.717) is 11.3 Å². The fourth-order valence-corrected chi connectivity index (χ4v) is 2.00. The average molecular weight is 215 g/mol. The van der Waals surface area contributed by atoms with Crippen LogP contribution in [0.5, 0.6) is 0 Å². The van der Waals surface area contributed by atoms with Crippen molar-refractivity contribution in [3.63, 3.8) is 0 Å². The lowest BCUT2D eigenvalue weighted by molar-refractivity contribution is 1.06. The SMILES string of the molecule is CC(Cl)c1ccc(C2CC2Cl)cc1. The topological polar surface area (TPSA) is 0 Å². The van der Waals surface area contributed by atoms with E-state index < -0.39 is 0 Å². The maximum atomic E-state index is 5.96. The number of alkyl halides is 2. The van der Waals surface area contributed by atoms with Gasteiger partial charge in [-0.15, -0.1) is 23.2 Å². The van der Waals surface area contributed by atoms with E-state index in [2.05, 4.69) is 24.3 Å². The van der Waals surface area contributed by atoms with Crippen molar-refractivity contribution in [2.75, 3.05) is 0 Å². The van der Waals surface area contributed by atoms with Crippen molar-refractivity contribution >= 4 is 23.2 Å². The molecule has 2 heteroatoms. The molecule has 0 aromatic heterocycles. The van der Waals surface area contributed by atoms with Crippen molar-refractivity contribution in [2.24, 2.45) is 0 Å². The molecule has 70 valence electrons. The fraction of sp³-hybridized carbons (Fsp3) is 0.455. The Morgan fingerprint density at radius 2 is 1.85 bits per heavy atom. The zero-order valence-corrected chi connectivity index (χ0v) is 9.02. The van der Waals surface area contributed by atoms with Gasteiger partial charge in [-0.2, -0.15) is 0 Å². The molecule has 0 aliphatic heterocycles. The highest BCUT2D eigenvalue weighted by atomic mass is 35.5.